The summed E-state index contributed by atoms with van der Waals surface area (Å²) in [6.07, 6.45) is 1.80. The second kappa shape index (κ2) is 4.23. The summed E-state index contributed by atoms with van der Waals surface area (Å²) in [7, 11) is 0. The molecule has 4 nitrogen and oxygen atoms in total. The molecule has 0 aliphatic carbocycles. The molecule has 90 valence electrons. The second-order valence-electron chi connectivity index (χ2n) is 4.28. The SMILES string of the molecule is Cc1cc(CN)cc(-n2cnc3ccccc32)n1. The number of benzene rings is 1. The Kier molecular flexibility index (Phi) is 2.57. The van der Waals surface area contributed by atoms with E-state index in [-0.39, 0.29) is 0 Å². The highest BCUT2D eigenvalue weighted by Gasteiger charge is 2.06. The average Bonchev–Trinajstić information content (AvgIpc) is 2.81. The van der Waals surface area contributed by atoms with E-state index in [1.807, 2.05) is 47.9 Å². The van der Waals surface area contributed by atoms with Crippen LogP contribution in [0, 0.1) is 6.92 Å². The van der Waals surface area contributed by atoms with Gasteiger partial charge in [-0.25, -0.2) is 9.97 Å². The van der Waals surface area contributed by atoms with Crippen molar-refractivity contribution >= 4 is 11.0 Å². The molecule has 0 saturated heterocycles. The molecule has 4 heteroatoms. The Morgan fingerprint density at radius 3 is 2.89 bits per heavy atom. The monoisotopic (exact) mass is 238 g/mol. The number of imidazole rings is 1. The van der Waals surface area contributed by atoms with Crippen LogP contribution in [0.1, 0.15) is 11.3 Å². The number of nitrogens with two attached hydrogens (primary N) is 1. The van der Waals surface area contributed by atoms with Crippen LogP contribution in [0.3, 0.4) is 0 Å². The number of aromatic nitrogens is 3. The van der Waals surface area contributed by atoms with Crippen molar-refractivity contribution < 1.29 is 0 Å². The van der Waals surface area contributed by atoms with Gasteiger partial charge in [-0.2, -0.15) is 0 Å². The molecule has 0 radical (unpaired) electrons. The summed E-state index contributed by atoms with van der Waals surface area (Å²) in [6, 6.07) is 12.0. The molecule has 0 aliphatic heterocycles. The van der Waals surface area contributed by atoms with Crippen molar-refractivity contribution in [1.29, 1.82) is 0 Å². The lowest BCUT2D eigenvalue weighted by molar-refractivity contribution is 0.969. The maximum absolute atomic E-state index is 5.70. The van der Waals surface area contributed by atoms with Crippen molar-refractivity contribution in [2.75, 3.05) is 0 Å². The first-order valence-electron chi connectivity index (χ1n) is 5.88. The van der Waals surface area contributed by atoms with Crippen LogP contribution in [0.15, 0.2) is 42.7 Å². The lowest BCUT2D eigenvalue weighted by Gasteiger charge is -2.07. The van der Waals surface area contributed by atoms with Gasteiger partial charge in [0.2, 0.25) is 0 Å². The van der Waals surface area contributed by atoms with E-state index in [0.29, 0.717) is 6.54 Å². The number of para-hydroxylation sites is 2. The number of pyridine rings is 1. The topological polar surface area (TPSA) is 56.7 Å². The second-order valence-corrected chi connectivity index (χ2v) is 4.28. The van der Waals surface area contributed by atoms with Crippen molar-refractivity contribution in [2.24, 2.45) is 5.73 Å². The number of nitrogens with zero attached hydrogens (tertiary/aromatic N) is 3. The molecule has 3 rings (SSSR count). The highest BCUT2D eigenvalue weighted by atomic mass is 15.1. The minimum atomic E-state index is 0.517. The summed E-state index contributed by atoms with van der Waals surface area (Å²) < 4.78 is 1.99. The third-order valence-electron chi connectivity index (χ3n) is 2.94. The van der Waals surface area contributed by atoms with Gasteiger partial charge in [0.1, 0.15) is 12.1 Å². The fraction of sp³-hybridized carbons (Fsp3) is 0.143. The van der Waals surface area contributed by atoms with Crippen LogP contribution >= 0.6 is 0 Å². The van der Waals surface area contributed by atoms with Gasteiger partial charge in [0, 0.05) is 12.2 Å². The molecular formula is C14H14N4. The van der Waals surface area contributed by atoms with E-state index in [0.717, 1.165) is 28.1 Å². The maximum atomic E-state index is 5.70. The molecule has 0 amide bonds. The Balaban J connectivity index is 2.22. The van der Waals surface area contributed by atoms with E-state index >= 15 is 0 Å². The quantitative estimate of drug-likeness (QED) is 0.744. The first kappa shape index (κ1) is 10.9. The van der Waals surface area contributed by atoms with Crippen LogP contribution in [-0.4, -0.2) is 14.5 Å². The molecule has 0 saturated carbocycles. The van der Waals surface area contributed by atoms with Crippen molar-refractivity contribution in [3.05, 3.63) is 54.0 Å². The van der Waals surface area contributed by atoms with E-state index < -0.39 is 0 Å². The van der Waals surface area contributed by atoms with Gasteiger partial charge in [-0.3, -0.25) is 4.57 Å². The third-order valence-corrected chi connectivity index (χ3v) is 2.94. The summed E-state index contributed by atoms with van der Waals surface area (Å²) in [4.78, 5) is 8.91. The summed E-state index contributed by atoms with van der Waals surface area (Å²) >= 11 is 0. The number of fused-ring (bicyclic) bond motifs is 1. The van der Waals surface area contributed by atoms with Gasteiger partial charge in [-0.15, -0.1) is 0 Å². The van der Waals surface area contributed by atoms with Gasteiger partial charge in [0.15, 0.2) is 0 Å². The van der Waals surface area contributed by atoms with E-state index in [4.69, 9.17) is 5.73 Å². The van der Waals surface area contributed by atoms with Crippen LogP contribution in [0.25, 0.3) is 16.9 Å². The van der Waals surface area contributed by atoms with Crippen LogP contribution in [-0.2, 0) is 6.54 Å². The number of hydrogen-bond donors (Lipinski definition) is 1. The standard InChI is InChI=1S/C14H14N4/c1-10-6-11(8-15)7-14(17-10)18-9-16-12-4-2-3-5-13(12)18/h2-7,9H,8,15H2,1H3. The van der Waals surface area contributed by atoms with Crippen molar-refractivity contribution in [3.63, 3.8) is 0 Å². The number of hydrogen-bond acceptors (Lipinski definition) is 3. The molecule has 3 aromatic rings. The van der Waals surface area contributed by atoms with Crippen LogP contribution < -0.4 is 5.73 Å². The minimum absolute atomic E-state index is 0.517. The molecule has 2 aromatic heterocycles. The number of rotatable bonds is 2. The van der Waals surface area contributed by atoms with E-state index in [2.05, 4.69) is 9.97 Å². The van der Waals surface area contributed by atoms with E-state index in [9.17, 15) is 0 Å². The number of aryl methyl sites for hydroxylation is 1. The normalized spacial score (nSPS) is 11.0. The first-order valence-corrected chi connectivity index (χ1v) is 5.88. The van der Waals surface area contributed by atoms with Gasteiger partial charge in [0.25, 0.3) is 0 Å². The van der Waals surface area contributed by atoms with Gasteiger partial charge in [0.05, 0.1) is 11.0 Å². The molecule has 0 bridgehead atoms. The minimum Gasteiger partial charge on any atom is -0.326 e. The average molecular weight is 238 g/mol. The Labute approximate surface area is 105 Å². The third kappa shape index (κ3) is 1.76. The molecule has 2 N–H and O–H groups in total. The highest BCUT2D eigenvalue weighted by Crippen LogP contribution is 2.17. The van der Waals surface area contributed by atoms with E-state index in [1.54, 1.807) is 6.33 Å². The molecular weight excluding hydrogens is 224 g/mol. The zero-order chi connectivity index (χ0) is 12.5. The molecule has 0 spiro atoms. The Morgan fingerprint density at radius 2 is 2.06 bits per heavy atom. The Morgan fingerprint density at radius 1 is 1.22 bits per heavy atom. The van der Waals surface area contributed by atoms with Gasteiger partial charge in [-0.1, -0.05) is 12.1 Å². The molecule has 1 aromatic carbocycles. The summed E-state index contributed by atoms with van der Waals surface area (Å²) in [5.41, 5.74) is 9.77. The Hall–Kier alpha value is -2.20. The fourth-order valence-electron chi connectivity index (χ4n) is 2.10. The summed E-state index contributed by atoms with van der Waals surface area (Å²) in [6.45, 7) is 2.49. The van der Waals surface area contributed by atoms with Crippen molar-refractivity contribution in [1.82, 2.24) is 14.5 Å². The van der Waals surface area contributed by atoms with Gasteiger partial charge >= 0.3 is 0 Å². The molecule has 0 unspecified atom stereocenters. The fourth-order valence-corrected chi connectivity index (χ4v) is 2.10. The van der Waals surface area contributed by atoms with Crippen LogP contribution in [0.4, 0.5) is 0 Å². The van der Waals surface area contributed by atoms with Gasteiger partial charge in [-0.05, 0) is 36.8 Å². The van der Waals surface area contributed by atoms with Crippen LogP contribution in [0.2, 0.25) is 0 Å². The molecule has 2 heterocycles. The first-order chi connectivity index (χ1) is 8.78. The van der Waals surface area contributed by atoms with E-state index in [1.165, 1.54) is 0 Å². The lowest BCUT2D eigenvalue weighted by Crippen LogP contribution is -2.03. The predicted octanol–water partition coefficient (Wildman–Crippen LogP) is 2.19. The largest absolute Gasteiger partial charge is 0.326 e. The van der Waals surface area contributed by atoms with Gasteiger partial charge < -0.3 is 5.73 Å². The van der Waals surface area contributed by atoms with Crippen molar-refractivity contribution in [3.8, 4) is 5.82 Å². The molecule has 0 atom stereocenters. The summed E-state index contributed by atoms with van der Waals surface area (Å²) in [5, 5.41) is 0. The Bertz CT molecular complexity index is 700. The zero-order valence-electron chi connectivity index (χ0n) is 10.2. The lowest BCUT2D eigenvalue weighted by atomic mass is 10.2. The smallest absolute Gasteiger partial charge is 0.138 e. The molecule has 18 heavy (non-hydrogen) atoms. The maximum Gasteiger partial charge on any atom is 0.138 e. The highest BCUT2D eigenvalue weighted by molar-refractivity contribution is 5.76. The van der Waals surface area contributed by atoms with Crippen LogP contribution in [0.5, 0.6) is 0 Å². The predicted molar refractivity (Wildman–Crippen MR) is 71.5 cm³/mol. The molecule has 0 aliphatic rings. The van der Waals surface area contributed by atoms with Crippen molar-refractivity contribution in [2.45, 2.75) is 13.5 Å². The zero-order valence-corrected chi connectivity index (χ0v) is 10.2. The molecule has 0 fully saturated rings. The summed E-state index contributed by atoms with van der Waals surface area (Å²) in [5.74, 6) is 0.865.